The zero-order chi connectivity index (χ0) is 12.3. The average molecular weight is 231 g/mol. The molecule has 0 spiro atoms. The molecule has 0 N–H and O–H groups in total. The molecule has 0 aromatic heterocycles. The fourth-order valence-corrected chi connectivity index (χ4v) is 1.50. The standard InChI is InChI=1S/C11H12F3NO/c1-3-7(2)9-5-4-8(15-16)6-10(9)11(12,13)14/h4-7H,3H2,1-2H3. The molecular formula is C11H12F3NO. The Kier molecular flexibility index (Phi) is 3.67. The van der Waals surface area contributed by atoms with Gasteiger partial charge in [0.2, 0.25) is 0 Å². The van der Waals surface area contributed by atoms with Crippen LogP contribution in [-0.2, 0) is 6.18 Å². The van der Waals surface area contributed by atoms with E-state index >= 15 is 0 Å². The number of halogens is 3. The van der Waals surface area contributed by atoms with Crippen LogP contribution in [0, 0.1) is 4.91 Å². The van der Waals surface area contributed by atoms with Crippen LogP contribution < -0.4 is 0 Å². The molecule has 1 atom stereocenters. The average Bonchev–Trinajstić information content (AvgIpc) is 2.26. The molecule has 0 aliphatic rings. The van der Waals surface area contributed by atoms with Gasteiger partial charge in [-0.05, 0) is 35.2 Å². The number of hydrogen-bond donors (Lipinski definition) is 0. The maximum Gasteiger partial charge on any atom is 0.416 e. The zero-order valence-corrected chi connectivity index (χ0v) is 9.01. The molecule has 1 aromatic carbocycles. The van der Waals surface area contributed by atoms with Gasteiger partial charge >= 0.3 is 6.18 Å². The number of nitroso groups, excluding NO2 is 1. The molecule has 0 aliphatic heterocycles. The lowest BCUT2D eigenvalue weighted by Crippen LogP contribution is -2.10. The minimum atomic E-state index is -4.44. The van der Waals surface area contributed by atoms with E-state index in [-0.39, 0.29) is 17.2 Å². The van der Waals surface area contributed by atoms with Crippen molar-refractivity contribution in [2.75, 3.05) is 0 Å². The normalized spacial score (nSPS) is 13.6. The molecule has 1 rings (SSSR count). The first kappa shape index (κ1) is 12.7. The van der Waals surface area contributed by atoms with E-state index in [2.05, 4.69) is 5.18 Å². The molecule has 2 nitrogen and oxygen atoms in total. The second kappa shape index (κ2) is 4.63. The van der Waals surface area contributed by atoms with Crippen molar-refractivity contribution in [3.05, 3.63) is 34.2 Å². The lowest BCUT2D eigenvalue weighted by Gasteiger charge is -2.17. The first-order valence-corrected chi connectivity index (χ1v) is 4.94. The summed E-state index contributed by atoms with van der Waals surface area (Å²) in [5, 5.41) is 2.52. The van der Waals surface area contributed by atoms with E-state index in [1.807, 2.05) is 6.92 Å². The van der Waals surface area contributed by atoms with Crippen molar-refractivity contribution in [3.8, 4) is 0 Å². The predicted octanol–water partition coefficient (Wildman–Crippen LogP) is 4.62. The first-order valence-electron chi connectivity index (χ1n) is 4.94. The maximum absolute atomic E-state index is 12.7. The Labute approximate surface area is 91.4 Å². The predicted molar refractivity (Wildman–Crippen MR) is 55.6 cm³/mol. The van der Waals surface area contributed by atoms with Crippen molar-refractivity contribution >= 4 is 5.69 Å². The van der Waals surface area contributed by atoms with Gasteiger partial charge in [-0.1, -0.05) is 19.9 Å². The highest BCUT2D eigenvalue weighted by atomic mass is 19.4. The van der Waals surface area contributed by atoms with Crippen molar-refractivity contribution in [1.29, 1.82) is 0 Å². The van der Waals surface area contributed by atoms with Crippen molar-refractivity contribution < 1.29 is 13.2 Å². The van der Waals surface area contributed by atoms with Crippen LogP contribution in [0.1, 0.15) is 37.3 Å². The van der Waals surface area contributed by atoms with Gasteiger partial charge in [-0.15, -0.1) is 4.91 Å². The highest BCUT2D eigenvalue weighted by Crippen LogP contribution is 2.38. The Balaban J connectivity index is 3.33. The van der Waals surface area contributed by atoms with Gasteiger partial charge in [0.25, 0.3) is 0 Å². The van der Waals surface area contributed by atoms with E-state index in [1.165, 1.54) is 12.1 Å². The molecule has 1 unspecified atom stereocenters. The number of rotatable bonds is 3. The molecule has 0 aliphatic carbocycles. The molecule has 0 radical (unpaired) electrons. The fourth-order valence-electron chi connectivity index (χ4n) is 1.50. The Bertz CT molecular complexity index is 387. The largest absolute Gasteiger partial charge is 0.416 e. The number of benzene rings is 1. The van der Waals surface area contributed by atoms with Gasteiger partial charge in [-0.3, -0.25) is 0 Å². The van der Waals surface area contributed by atoms with Gasteiger partial charge < -0.3 is 0 Å². The molecule has 0 bridgehead atoms. The van der Waals surface area contributed by atoms with Gasteiger partial charge in [-0.25, -0.2) is 0 Å². The summed E-state index contributed by atoms with van der Waals surface area (Å²) in [4.78, 5) is 10.2. The van der Waals surface area contributed by atoms with Crippen LogP contribution in [0.2, 0.25) is 0 Å². The molecule has 16 heavy (non-hydrogen) atoms. The second-order valence-corrected chi connectivity index (χ2v) is 3.67. The molecule has 5 heteroatoms. The Morgan fingerprint density at radius 2 is 2.00 bits per heavy atom. The summed E-state index contributed by atoms with van der Waals surface area (Å²) < 4.78 is 38.2. The minimum absolute atomic E-state index is 0.195. The summed E-state index contributed by atoms with van der Waals surface area (Å²) in [5.41, 5.74) is -0.749. The van der Waals surface area contributed by atoms with Crippen molar-refractivity contribution in [2.45, 2.75) is 32.4 Å². The molecular weight excluding hydrogens is 219 g/mol. The molecule has 1 aromatic rings. The first-order chi connectivity index (χ1) is 7.40. The van der Waals surface area contributed by atoms with E-state index in [9.17, 15) is 18.1 Å². The third-order valence-electron chi connectivity index (χ3n) is 2.59. The van der Waals surface area contributed by atoms with Gasteiger partial charge in [0.1, 0.15) is 5.69 Å². The molecule has 0 amide bonds. The van der Waals surface area contributed by atoms with Crippen LogP contribution in [0.5, 0.6) is 0 Å². The van der Waals surface area contributed by atoms with Crippen LogP contribution in [0.4, 0.5) is 18.9 Å². The van der Waals surface area contributed by atoms with E-state index in [0.717, 1.165) is 6.07 Å². The topological polar surface area (TPSA) is 29.4 Å². The quantitative estimate of drug-likeness (QED) is 0.698. The summed E-state index contributed by atoms with van der Waals surface area (Å²) in [6.45, 7) is 3.54. The summed E-state index contributed by atoms with van der Waals surface area (Å²) in [6.07, 6.45) is -3.84. The fraction of sp³-hybridized carbons (Fsp3) is 0.455. The molecule has 88 valence electrons. The van der Waals surface area contributed by atoms with Crippen molar-refractivity contribution in [3.63, 3.8) is 0 Å². The van der Waals surface area contributed by atoms with Crippen molar-refractivity contribution in [1.82, 2.24) is 0 Å². The molecule has 0 heterocycles. The lowest BCUT2D eigenvalue weighted by molar-refractivity contribution is -0.138. The lowest BCUT2D eigenvalue weighted by atomic mass is 9.93. The maximum atomic E-state index is 12.7. The van der Waals surface area contributed by atoms with E-state index < -0.39 is 11.7 Å². The Morgan fingerprint density at radius 3 is 2.44 bits per heavy atom. The van der Waals surface area contributed by atoms with E-state index in [1.54, 1.807) is 6.92 Å². The highest BCUT2D eigenvalue weighted by Gasteiger charge is 2.34. The van der Waals surface area contributed by atoms with Gasteiger partial charge in [0, 0.05) is 0 Å². The third kappa shape index (κ3) is 2.59. The van der Waals surface area contributed by atoms with Crippen molar-refractivity contribution in [2.24, 2.45) is 5.18 Å². The van der Waals surface area contributed by atoms with Crippen LogP contribution in [0.15, 0.2) is 23.4 Å². The summed E-state index contributed by atoms with van der Waals surface area (Å²) in [6, 6.07) is 3.44. The number of alkyl halides is 3. The minimum Gasteiger partial charge on any atom is -0.166 e. The van der Waals surface area contributed by atoms with Gasteiger partial charge in [-0.2, -0.15) is 13.2 Å². The molecule has 0 saturated carbocycles. The molecule has 0 fully saturated rings. The Morgan fingerprint density at radius 1 is 1.38 bits per heavy atom. The van der Waals surface area contributed by atoms with Crippen LogP contribution in [0.25, 0.3) is 0 Å². The van der Waals surface area contributed by atoms with E-state index in [4.69, 9.17) is 0 Å². The summed E-state index contributed by atoms with van der Waals surface area (Å²) >= 11 is 0. The summed E-state index contributed by atoms with van der Waals surface area (Å²) in [5.74, 6) is -0.197. The highest BCUT2D eigenvalue weighted by molar-refractivity contribution is 5.46. The van der Waals surface area contributed by atoms with E-state index in [0.29, 0.717) is 6.42 Å². The monoisotopic (exact) mass is 231 g/mol. The molecule has 0 saturated heterocycles. The zero-order valence-electron chi connectivity index (χ0n) is 9.01. The number of hydrogen-bond acceptors (Lipinski definition) is 2. The third-order valence-corrected chi connectivity index (χ3v) is 2.59. The van der Waals surface area contributed by atoms with Crippen LogP contribution in [-0.4, -0.2) is 0 Å². The van der Waals surface area contributed by atoms with Crippen LogP contribution in [0.3, 0.4) is 0 Å². The second-order valence-electron chi connectivity index (χ2n) is 3.67. The number of nitrogens with zero attached hydrogens (tertiary/aromatic N) is 1. The smallest absolute Gasteiger partial charge is 0.166 e. The SMILES string of the molecule is CCC(C)c1ccc(N=O)cc1C(F)(F)F. The van der Waals surface area contributed by atoms with Crippen LogP contribution >= 0.6 is 0 Å². The Hall–Kier alpha value is -1.39. The summed E-state index contributed by atoms with van der Waals surface area (Å²) in [7, 11) is 0. The van der Waals surface area contributed by atoms with Gasteiger partial charge in [0.05, 0.1) is 5.56 Å². The van der Waals surface area contributed by atoms with Gasteiger partial charge in [0.15, 0.2) is 0 Å².